The van der Waals surface area contributed by atoms with Crippen LogP contribution in [0.15, 0.2) is 58.8 Å². The predicted molar refractivity (Wildman–Crippen MR) is 185 cm³/mol. The molecule has 0 spiro atoms. The summed E-state index contributed by atoms with van der Waals surface area (Å²) in [5.41, 5.74) is 0.997. The second kappa shape index (κ2) is 16.1. The molecule has 0 radical (unpaired) electrons. The van der Waals surface area contributed by atoms with Crippen LogP contribution >= 0.6 is 11.3 Å². The number of carboxylic acid groups (broad SMARTS) is 1. The van der Waals surface area contributed by atoms with Crippen molar-refractivity contribution in [3.05, 3.63) is 75.7 Å². The molecule has 3 amide bonds. The first-order chi connectivity index (χ1) is 23.1. The molecule has 2 aromatic carbocycles. The van der Waals surface area contributed by atoms with E-state index in [0.717, 1.165) is 38.8 Å². The molecule has 0 bridgehead atoms. The summed E-state index contributed by atoms with van der Waals surface area (Å²) in [6, 6.07) is 10.0. The number of thiazole rings is 1. The van der Waals surface area contributed by atoms with Crippen LogP contribution in [0.4, 0.5) is 4.79 Å². The quantitative estimate of drug-likeness (QED) is 0.173. The van der Waals surface area contributed by atoms with Gasteiger partial charge in [-0.1, -0.05) is 58.0 Å². The number of carboxylic acids is 1. The Labute approximate surface area is 291 Å². The van der Waals surface area contributed by atoms with Gasteiger partial charge in [0.25, 0.3) is 0 Å². The summed E-state index contributed by atoms with van der Waals surface area (Å²) >= 11 is 1.50. The molecule has 13 nitrogen and oxygen atoms in total. The van der Waals surface area contributed by atoms with Gasteiger partial charge in [0, 0.05) is 31.6 Å². The van der Waals surface area contributed by atoms with Crippen molar-refractivity contribution in [1.82, 2.24) is 24.4 Å². The molecule has 0 saturated carbocycles. The largest absolute Gasteiger partial charge is 0.507 e. The Morgan fingerprint density at radius 3 is 2.35 bits per heavy atom. The average Bonchev–Trinajstić information content (AvgIpc) is 3.60. The number of carbonyl (C=O) groups is 3. The number of nitrogens with zero attached hydrogens (tertiary/aromatic N) is 4. The number of aromatic hydroxyl groups is 1. The van der Waals surface area contributed by atoms with E-state index >= 15 is 0 Å². The van der Waals surface area contributed by atoms with E-state index < -0.39 is 57.9 Å². The van der Waals surface area contributed by atoms with Crippen LogP contribution in [0.1, 0.15) is 54.3 Å². The van der Waals surface area contributed by atoms with Crippen molar-refractivity contribution in [1.29, 1.82) is 0 Å². The molecule has 2 heterocycles. The number of aliphatic hydroxyl groups excluding tert-OH is 1. The van der Waals surface area contributed by atoms with E-state index in [1.165, 1.54) is 16.2 Å². The second-order valence-electron chi connectivity index (χ2n) is 13.0. The molecule has 1 aliphatic heterocycles. The van der Waals surface area contributed by atoms with Gasteiger partial charge in [0.2, 0.25) is 15.9 Å². The van der Waals surface area contributed by atoms with E-state index in [1.54, 1.807) is 18.7 Å². The lowest BCUT2D eigenvalue weighted by atomic mass is 9.97. The number of hydrogen-bond acceptors (Lipinski definition) is 9. The Balaban J connectivity index is 1.60. The van der Waals surface area contributed by atoms with Gasteiger partial charge in [-0.05, 0) is 48.9 Å². The molecule has 4 rings (SSSR count). The Morgan fingerprint density at radius 2 is 1.76 bits per heavy atom. The standard InChI is InChI=1S/C34H45N5O8S2/c1-21(2)17-38(49(46,47)26-11-12-29(40)27(16-26)33(43)44)19-30(41)28(15-24-9-7-6-8-10-24)36-32(42)31(22(3)4)39-14-13-37(34(39)45)18-25-20-48-23(5)35-25/h6-12,16,20-22,28,30-31,40-41H,13-15,17-19H2,1-5H3,(H,36,42)(H,43,44)/t28-,30+,31-/m0/s1. The van der Waals surface area contributed by atoms with Crippen LogP contribution in [0.2, 0.25) is 0 Å². The maximum absolute atomic E-state index is 14.0. The third kappa shape index (κ3) is 9.35. The Kier molecular flexibility index (Phi) is 12.4. The molecule has 1 saturated heterocycles. The minimum Gasteiger partial charge on any atom is -0.507 e. The Bertz CT molecular complexity index is 1730. The van der Waals surface area contributed by atoms with Gasteiger partial charge < -0.3 is 30.4 Å². The summed E-state index contributed by atoms with van der Waals surface area (Å²) in [7, 11) is -4.36. The summed E-state index contributed by atoms with van der Waals surface area (Å²) in [6.45, 7) is 9.83. The van der Waals surface area contributed by atoms with E-state index in [9.17, 15) is 38.1 Å². The van der Waals surface area contributed by atoms with Crippen LogP contribution in [-0.4, -0.2) is 105 Å². The molecule has 1 aliphatic rings. The summed E-state index contributed by atoms with van der Waals surface area (Å²) in [5, 5.41) is 36.9. The van der Waals surface area contributed by atoms with Gasteiger partial charge in [0.05, 0.1) is 34.3 Å². The van der Waals surface area contributed by atoms with Crippen LogP contribution < -0.4 is 5.32 Å². The van der Waals surface area contributed by atoms with Crippen molar-refractivity contribution in [3.8, 4) is 5.75 Å². The predicted octanol–water partition coefficient (Wildman–Crippen LogP) is 3.55. The van der Waals surface area contributed by atoms with Crippen molar-refractivity contribution in [2.24, 2.45) is 11.8 Å². The number of aryl methyl sites for hydroxylation is 1. The van der Waals surface area contributed by atoms with Gasteiger partial charge in [0.15, 0.2) is 0 Å². The Hall–Kier alpha value is -4.05. The summed E-state index contributed by atoms with van der Waals surface area (Å²) in [6.07, 6.45) is -1.24. The SMILES string of the molecule is Cc1nc(CN2CCN([C@H](C(=O)N[C@@H](Cc3ccccc3)[C@H](O)CN(CC(C)C)S(=O)(=O)c3ccc(O)c(C(=O)O)c3)C(C)C)C2=O)cs1. The molecular weight excluding hydrogens is 671 g/mol. The maximum atomic E-state index is 14.0. The highest BCUT2D eigenvalue weighted by atomic mass is 32.2. The fraction of sp³-hybridized carbons (Fsp3) is 0.471. The van der Waals surface area contributed by atoms with Crippen molar-refractivity contribution in [2.45, 2.75) is 70.7 Å². The van der Waals surface area contributed by atoms with E-state index in [0.29, 0.717) is 19.6 Å². The highest BCUT2D eigenvalue weighted by molar-refractivity contribution is 7.89. The van der Waals surface area contributed by atoms with Gasteiger partial charge in [-0.15, -0.1) is 11.3 Å². The van der Waals surface area contributed by atoms with Crippen molar-refractivity contribution in [3.63, 3.8) is 0 Å². The topological polar surface area (TPSA) is 181 Å². The monoisotopic (exact) mass is 715 g/mol. The van der Waals surface area contributed by atoms with Crippen LogP contribution in [0.25, 0.3) is 0 Å². The number of aliphatic hydroxyl groups is 1. The van der Waals surface area contributed by atoms with Gasteiger partial charge >= 0.3 is 12.0 Å². The summed E-state index contributed by atoms with van der Waals surface area (Å²) in [5.74, 6) is -3.01. The zero-order valence-corrected chi connectivity index (χ0v) is 29.9. The number of nitrogens with one attached hydrogen (secondary N) is 1. The molecule has 3 atom stereocenters. The first-order valence-corrected chi connectivity index (χ1v) is 18.5. The Morgan fingerprint density at radius 1 is 1.06 bits per heavy atom. The number of aromatic nitrogens is 1. The van der Waals surface area contributed by atoms with E-state index in [4.69, 9.17) is 0 Å². The number of rotatable bonds is 16. The molecule has 1 aromatic heterocycles. The number of hydrogen-bond donors (Lipinski definition) is 4. The molecule has 1 fully saturated rings. The number of sulfonamides is 1. The maximum Gasteiger partial charge on any atom is 0.339 e. The number of urea groups is 1. The molecule has 0 aliphatic carbocycles. The number of benzene rings is 2. The highest BCUT2D eigenvalue weighted by Gasteiger charge is 2.40. The number of phenols is 1. The zero-order valence-electron chi connectivity index (χ0n) is 28.3. The summed E-state index contributed by atoms with van der Waals surface area (Å²) in [4.78, 5) is 46.5. The smallest absolute Gasteiger partial charge is 0.339 e. The molecule has 0 unspecified atom stereocenters. The van der Waals surface area contributed by atoms with Crippen LogP contribution in [-0.2, 0) is 27.8 Å². The minimum atomic E-state index is -4.36. The van der Waals surface area contributed by atoms with Crippen molar-refractivity contribution in [2.75, 3.05) is 26.2 Å². The van der Waals surface area contributed by atoms with Gasteiger partial charge in [0.1, 0.15) is 17.4 Å². The third-order valence-electron chi connectivity index (χ3n) is 8.27. The van der Waals surface area contributed by atoms with Crippen molar-refractivity contribution < 1.29 is 38.1 Å². The number of carbonyl (C=O) groups excluding carboxylic acids is 2. The highest BCUT2D eigenvalue weighted by Crippen LogP contribution is 2.26. The van der Waals surface area contributed by atoms with Gasteiger partial charge in [-0.25, -0.2) is 23.0 Å². The van der Waals surface area contributed by atoms with E-state index in [-0.39, 0.29) is 35.7 Å². The lowest BCUT2D eigenvalue weighted by Crippen LogP contribution is -2.57. The normalized spacial score (nSPS) is 15.7. The number of aromatic carboxylic acids is 1. The molecular formula is C34H45N5O8S2. The van der Waals surface area contributed by atoms with E-state index in [2.05, 4.69) is 10.3 Å². The first-order valence-electron chi connectivity index (χ1n) is 16.1. The molecule has 266 valence electrons. The van der Waals surface area contributed by atoms with Crippen molar-refractivity contribution >= 4 is 39.3 Å². The molecule has 4 N–H and O–H groups in total. The zero-order chi connectivity index (χ0) is 36.0. The fourth-order valence-electron chi connectivity index (χ4n) is 5.92. The lowest BCUT2D eigenvalue weighted by Gasteiger charge is -2.34. The number of amides is 3. The van der Waals surface area contributed by atoms with Gasteiger partial charge in [-0.3, -0.25) is 4.79 Å². The molecule has 15 heteroatoms. The van der Waals surface area contributed by atoms with E-state index in [1.807, 2.05) is 56.5 Å². The van der Waals surface area contributed by atoms with Crippen LogP contribution in [0.3, 0.4) is 0 Å². The minimum absolute atomic E-state index is 0.0140. The fourth-order valence-corrected chi connectivity index (χ4v) is 8.17. The van der Waals surface area contributed by atoms with Crippen LogP contribution in [0.5, 0.6) is 5.75 Å². The first kappa shape index (κ1) is 37.8. The average molecular weight is 716 g/mol. The molecule has 3 aromatic rings. The lowest BCUT2D eigenvalue weighted by molar-refractivity contribution is -0.128. The molecule has 49 heavy (non-hydrogen) atoms. The second-order valence-corrected chi connectivity index (χ2v) is 16.0. The van der Waals surface area contributed by atoms with Gasteiger partial charge in [-0.2, -0.15) is 4.31 Å². The summed E-state index contributed by atoms with van der Waals surface area (Å²) < 4.78 is 28.8. The van der Waals surface area contributed by atoms with Crippen LogP contribution in [0, 0.1) is 18.8 Å². The third-order valence-corrected chi connectivity index (χ3v) is 10.9.